The van der Waals surface area contributed by atoms with Gasteiger partial charge in [0, 0.05) is 0 Å². The molecule has 2 aromatic rings. The van der Waals surface area contributed by atoms with Gasteiger partial charge in [-0.3, -0.25) is 0 Å². The number of thiazole rings is 1. The lowest BCUT2D eigenvalue weighted by molar-refractivity contribution is 0.0497. The molecule has 7 heteroatoms. The molecule has 1 aromatic heterocycles. The maximum absolute atomic E-state index is 12.3. The fourth-order valence-corrected chi connectivity index (χ4v) is 3.77. The molecule has 1 aromatic carbocycles. The Bertz CT molecular complexity index is 810. The van der Waals surface area contributed by atoms with Gasteiger partial charge in [-0.05, 0) is 38.7 Å². The number of aromatic nitrogens is 1. The Morgan fingerprint density at radius 2 is 1.82 bits per heavy atom. The van der Waals surface area contributed by atoms with Gasteiger partial charge in [0.1, 0.15) is 10.6 Å². The van der Waals surface area contributed by atoms with Gasteiger partial charge in [-0.2, -0.15) is 0 Å². The average molecular weight is 405 g/mol. The molecule has 0 saturated heterocycles. The Morgan fingerprint density at radius 1 is 1.18 bits per heavy atom. The number of nitrogens with one attached hydrogen (secondary N) is 1. The number of hydrogen-bond donors (Lipinski definition) is 1. The highest BCUT2D eigenvalue weighted by Crippen LogP contribution is 2.35. The first-order chi connectivity index (χ1) is 13.1. The van der Waals surface area contributed by atoms with E-state index >= 15 is 0 Å². The van der Waals surface area contributed by atoms with Crippen molar-refractivity contribution < 1.29 is 19.1 Å². The molecule has 1 amide bonds. The smallest absolute Gasteiger partial charge is 0.408 e. The van der Waals surface area contributed by atoms with Crippen molar-refractivity contribution in [2.45, 2.75) is 52.7 Å². The third-order valence-electron chi connectivity index (χ3n) is 3.75. The minimum atomic E-state index is -0.596. The van der Waals surface area contributed by atoms with Crippen LogP contribution in [0.5, 0.6) is 0 Å². The Kier molecular flexibility index (Phi) is 7.18. The molecular weight excluding hydrogens is 376 g/mol. The number of benzene rings is 1. The SMILES string of the molecule is COC(=O)c1nc([C@@H](CC(C)C)NC(=O)OC(C)(C)C)sc1-c1ccccc1. The predicted molar refractivity (Wildman–Crippen MR) is 110 cm³/mol. The standard InChI is InChI=1S/C21H28N2O4S/c1-13(2)12-15(22-20(25)27-21(3,4)5)18-23-16(19(24)26-6)17(28-18)14-10-8-7-9-11-14/h7-11,13,15H,12H2,1-6H3,(H,22,25)/t15-/m1/s1. The molecule has 0 aliphatic heterocycles. The zero-order valence-corrected chi connectivity index (χ0v) is 18.1. The van der Waals surface area contributed by atoms with E-state index in [1.807, 2.05) is 51.1 Å². The molecule has 0 bridgehead atoms. The highest BCUT2D eigenvalue weighted by atomic mass is 32.1. The van der Waals surface area contributed by atoms with E-state index in [1.54, 1.807) is 0 Å². The van der Waals surface area contributed by atoms with Crippen molar-refractivity contribution in [3.63, 3.8) is 0 Å². The van der Waals surface area contributed by atoms with Gasteiger partial charge in [0.05, 0.1) is 18.0 Å². The quantitative estimate of drug-likeness (QED) is 0.669. The van der Waals surface area contributed by atoms with Crippen molar-refractivity contribution in [3.05, 3.63) is 41.0 Å². The molecule has 0 fully saturated rings. The van der Waals surface area contributed by atoms with Gasteiger partial charge in [-0.1, -0.05) is 44.2 Å². The molecule has 0 saturated carbocycles. The fourth-order valence-electron chi connectivity index (χ4n) is 2.65. The Morgan fingerprint density at radius 3 is 2.36 bits per heavy atom. The van der Waals surface area contributed by atoms with Crippen LogP contribution in [-0.4, -0.2) is 29.8 Å². The number of hydrogen-bond acceptors (Lipinski definition) is 6. The van der Waals surface area contributed by atoms with Gasteiger partial charge in [-0.15, -0.1) is 11.3 Å². The van der Waals surface area contributed by atoms with Gasteiger partial charge in [0.15, 0.2) is 5.69 Å². The van der Waals surface area contributed by atoms with Crippen molar-refractivity contribution >= 4 is 23.4 Å². The Balaban J connectivity index is 2.41. The molecule has 0 aliphatic rings. The van der Waals surface area contributed by atoms with E-state index < -0.39 is 17.7 Å². The summed E-state index contributed by atoms with van der Waals surface area (Å²) in [5, 5.41) is 3.56. The average Bonchev–Trinajstić information content (AvgIpc) is 3.04. The number of carbonyl (C=O) groups is 2. The molecule has 0 radical (unpaired) electrons. The van der Waals surface area contributed by atoms with Gasteiger partial charge >= 0.3 is 12.1 Å². The minimum absolute atomic E-state index is 0.258. The number of nitrogens with zero attached hydrogens (tertiary/aromatic N) is 1. The molecule has 2 rings (SSSR count). The van der Waals surface area contributed by atoms with Crippen LogP contribution < -0.4 is 5.32 Å². The number of alkyl carbamates (subject to hydrolysis) is 1. The van der Waals surface area contributed by atoms with Crippen molar-refractivity contribution in [1.29, 1.82) is 0 Å². The van der Waals surface area contributed by atoms with Crippen molar-refractivity contribution in [2.75, 3.05) is 7.11 Å². The molecule has 28 heavy (non-hydrogen) atoms. The van der Waals surface area contributed by atoms with Crippen LogP contribution in [0.15, 0.2) is 30.3 Å². The summed E-state index contributed by atoms with van der Waals surface area (Å²) in [4.78, 5) is 29.9. The van der Waals surface area contributed by atoms with Crippen LogP contribution in [0.4, 0.5) is 4.79 Å². The van der Waals surface area contributed by atoms with Crippen molar-refractivity contribution in [1.82, 2.24) is 10.3 Å². The number of ether oxygens (including phenoxy) is 2. The topological polar surface area (TPSA) is 77.5 Å². The van der Waals surface area contributed by atoms with E-state index in [9.17, 15) is 9.59 Å². The second-order valence-corrected chi connectivity index (χ2v) is 8.95. The summed E-state index contributed by atoms with van der Waals surface area (Å²) >= 11 is 1.38. The number of carbonyl (C=O) groups excluding carboxylic acids is 2. The zero-order valence-electron chi connectivity index (χ0n) is 17.2. The largest absolute Gasteiger partial charge is 0.464 e. The highest BCUT2D eigenvalue weighted by molar-refractivity contribution is 7.15. The second-order valence-electron chi connectivity index (χ2n) is 7.92. The monoisotopic (exact) mass is 404 g/mol. The molecule has 1 N–H and O–H groups in total. The number of amides is 1. The first-order valence-corrected chi connectivity index (χ1v) is 10.1. The molecule has 0 aliphatic carbocycles. The Hall–Kier alpha value is -2.41. The van der Waals surface area contributed by atoms with Crippen LogP contribution in [0, 0.1) is 5.92 Å². The Labute approximate surface area is 170 Å². The lowest BCUT2D eigenvalue weighted by Gasteiger charge is -2.23. The lowest BCUT2D eigenvalue weighted by atomic mass is 10.0. The third-order valence-corrected chi connectivity index (χ3v) is 4.97. The number of rotatable bonds is 6. The lowest BCUT2D eigenvalue weighted by Crippen LogP contribution is -2.35. The molecule has 1 heterocycles. The predicted octanol–water partition coefficient (Wildman–Crippen LogP) is 5.21. The summed E-state index contributed by atoms with van der Waals surface area (Å²) in [6.07, 6.45) is 0.163. The molecule has 0 unspecified atom stereocenters. The molecule has 6 nitrogen and oxygen atoms in total. The van der Waals surface area contributed by atoms with Crippen LogP contribution >= 0.6 is 11.3 Å². The van der Waals surface area contributed by atoms with E-state index in [4.69, 9.17) is 9.47 Å². The fraction of sp³-hybridized carbons (Fsp3) is 0.476. The maximum atomic E-state index is 12.3. The summed E-state index contributed by atoms with van der Waals surface area (Å²) < 4.78 is 10.3. The minimum Gasteiger partial charge on any atom is -0.464 e. The van der Waals surface area contributed by atoms with Crippen molar-refractivity contribution in [2.24, 2.45) is 5.92 Å². The molecule has 152 valence electrons. The van der Waals surface area contributed by atoms with E-state index in [0.29, 0.717) is 17.3 Å². The van der Waals surface area contributed by atoms with Crippen LogP contribution in [0.25, 0.3) is 10.4 Å². The van der Waals surface area contributed by atoms with Gasteiger partial charge in [0.2, 0.25) is 0 Å². The van der Waals surface area contributed by atoms with Gasteiger partial charge in [-0.25, -0.2) is 14.6 Å². The zero-order chi connectivity index (χ0) is 20.9. The van der Waals surface area contributed by atoms with E-state index in [2.05, 4.69) is 24.1 Å². The second kappa shape index (κ2) is 9.19. The van der Waals surface area contributed by atoms with Crippen LogP contribution in [0.1, 0.15) is 62.6 Å². The summed E-state index contributed by atoms with van der Waals surface area (Å²) in [5.41, 5.74) is 0.544. The van der Waals surface area contributed by atoms with Crippen LogP contribution in [-0.2, 0) is 9.47 Å². The maximum Gasteiger partial charge on any atom is 0.408 e. The van der Waals surface area contributed by atoms with E-state index in [0.717, 1.165) is 10.4 Å². The summed E-state index contributed by atoms with van der Waals surface area (Å²) in [7, 11) is 1.33. The molecule has 0 spiro atoms. The molecular formula is C21H28N2O4S. The summed E-state index contributed by atoms with van der Waals surface area (Å²) in [5.74, 6) is -0.187. The first kappa shape index (κ1) is 21.9. The van der Waals surface area contributed by atoms with Crippen molar-refractivity contribution in [3.8, 4) is 10.4 Å². The third kappa shape index (κ3) is 6.05. The number of esters is 1. The van der Waals surface area contributed by atoms with E-state index in [1.165, 1.54) is 18.4 Å². The highest BCUT2D eigenvalue weighted by Gasteiger charge is 2.27. The van der Waals surface area contributed by atoms with Crippen LogP contribution in [0.3, 0.4) is 0 Å². The van der Waals surface area contributed by atoms with E-state index in [-0.39, 0.29) is 11.7 Å². The number of methoxy groups -OCH3 is 1. The molecule has 1 atom stereocenters. The normalized spacial score (nSPS) is 12.5. The summed E-state index contributed by atoms with van der Waals surface area (Å²) in [6, 6.07) is 9.20. The van der Waals surface area contributed by atoms with Crippen LogP contribution in [0.2, 0.25) is 0 Å². The van der Waals surface area contributed by atoms with Gasteiger partial charge < -0.3 is 14.8 Å². The summed E-state index contributed by atoms with van der Waals surface area (Å²) in [6.45, 7) is 9.58. The first-order valence-electron chi connectivity index (χ1n) is 9.24. The van der Waals surface area contributed by atoms with Gasteiger partial charge in [0.25, 0.3) is 0 Å².